The minimum atomic E-state index is -0.322. The highest BCUT2D eigenvalue weighted by Crippen LogP contribution is 2.35. The maximum Gasteiger partial charge on any atom is 0.348 e. The molecule has 0 atom stereocenters. The van der Waals surface area contributed by atoms with Crippen molar-refractivity contribution in [3.05, 3.63) is 76.7 Å². The van der Waals surface area contributed by atoms with E-state index in [9.17, 15) is 4.79 Å². The Balaban J connectivity index is 1.58. The van der Waals surface area contributed by atoms with Crippen LogP contribution in [0, 0.1) is 6.92 Å². The van der Waals surface area contributed by atoms with Crippen LogP contribution in [0.5, 0.6) is 0 Å². The van der Waals surface area contributed by atoms with Crippen LogP contribution in [-0.4, -0.2) is 27.0 Å². The minimum absolute atomic E-state index is 0.170. The molecule has 0 amide bonds. The summed E-state index contributed by atoms with van der Waals surface area (Å²) in [5.41, 5.74) is 4.19. The van der Waals surface area contributed by atoms with E-state index in [1.807, 2.05) is 45.0 Å². The number of thiophene rings is 1. The van der Waals surface area contributed by atoms with Crippen LogP contribution in [0.1, 0.15) is 40.2 Å². The standard InChI is InChI=1S/C23H22N4O2S/c1-14(2)29-23(28)20-15(3)19-21(25-13-26-22(19)30-20)27-18-6-4-16(5-7-18)12-17-8-10-24-11-9-17/h4-11,13-14H,12H2,1-3H3,(H,25,26,27). The summed E-state index contributed by atoms with van der Waals surface area (Å²) >= 11 is 1.33. The van der Waals surface area contributed by atoms with Crippen molar-refractivity contribution >= 4 is 39.0 Å². The number of carbonyl (C=O) groups excluding carboxylic acids is 1. The number of carbonyl (C=O) groups is 1. The van der Waals surface area contributed by atoms with E-state index >= 15 is 0 Å². The second-order valence-electron chi connectivity index (χ2n) is 7.27. The Morgan fingerprint density at radius 3 is 2.47 bits per heavy atom. The molecule has 0 spiro atoms. The van der Waals surface area contributed by atoms with Crippen LogP contribution in [-0.2, 0) is 11.2 Å². The Morgan fingerprint density at radius 2 is 1.77 bits per heavy atom. The van der Waals surface area contributed by atoms with Crippen molar-refractivity contribution in [2.24, 2.45) is 0 Å². The molecule has 0 aliphatic heterocycles. The molecule has 6 nitrogen and oxygen atoms in total. The topological polar surface area (TPSA) is 77.0 Å². The predicted molar refractivity (Wildman–Crippen MR) is 119 cm³/mol. The van der Waals surface area contributed by atoms with Crippen LogP contribution in [0.15, 0.2) is 55.1 Å². The Morgan fingerprint density at radius 1 is 1.07 bits per heavy atom. The number of rotatable bonds is 6. The summed E-state index contributed by atoms with van der Waals surface area (Å²) in [4.78, 5) is 26.6. The van der Waals surface area contributed by atoms with Gasteiger partial charge in [-0.15, -0.1) is 11.3 Å². The van der Waals surface area contributed by atoms with Crippen LogP contribution in [0.3, 0.4) is 0 Å². The lowest BCUT2D eigenvalue weighted by Crippen LogP contribution is -2.11. The lowest BCUT2D eigenvalue weighted by atomic mass is 10.1. The Bertz CT molecular complexity index is 1170. The molecule has 1 aromatic carbocycles. The SMILES string of the molecule is Cc1c(C(=O)OC(C)C)sc2ncnc(Nc3ccc(Cc4ccncc4)cc3)c12. The maximum atomic E-state index is 12.4. The first-order valence-electron chi connectivity index (χ1n) is 9.71. The fraction of sp³-hybridized carbons (Fsp3) is 0.217. The highest BCUT2D eigenvalue weighted by molar-refractivity contribution is 7.20. The molecule has 152 valence electrons. The lowest BCUT2D eigenvalue weighted by Gasteiger charge is -2.09. The predicted octanol–water partition coefficient (Wildman–Crippen LogP) is 5.29. The van der Waals surface area contributed by atoms with Gasteiger partial charge >= 0.3 is 5.97 Å². The van der Waals surface area contributed by atoms with Gasteiger partial charge < -0.3 is 10.1 Å². The number of fused-ring (bicyclic) bond motifs is 1. The Kier molecular flexibility index (Phi) is 5.72. The third-order valence-corrected chi connectivity index (χ3v) is 5.81. The third-order valence-electron chi connectivity index (χ3n) is 4.63. The van der Waals surface area contributed by atoms with Gasteiger partial charge in [0.25, 0.3) is 0 Å². The largest absolute Gasteiger partial charge is 0.459 e. The van der Waals surface area contributed by atoms with Crippen molar-refractivity contribution in [2.75, 3.05) is 5.32 Å². The van der Waals surface area contributed by atoms with Crippen molar-refractivity contribution in [3.8, 4) is 0 Å². The molecule has 7 heteroatoms. The van der Waals surface area contributed by atoms with Crippen molar-refractivity contribution < 1.29 is 9.53 Å². The summed E-state index contributed by atoms with van der Waals surface area (Å²) in [5, 5.41) is 4.21. The normalized spacial score (nSPS) is 11.1. The molecule has 0 unspecified atom stereocenters. The Labute approximate surface area is 179 Å². The molecule has 30 heavy (non-hydrogen) atoms. The number of nitrogens with one attached hydrogen (secondary N) is 1. The molecule has 0 aliphatic rings. The van der Waals surface area contributed by atoms with E-state index in [1.54, 1.807) is 12.4 Å². The first-order valence-corrected chi connectivity index (χ1v) is 10.5. The molecule has 0 saturated heterocycles. The van der Waals surface area contributed by atoms with Gasteiger partial charge in [0, 0.05) is 18.1 Å². The molecule has 0 fully saturated rings. The molecule has 0 aliphatic carbocycles. The second-order valence-corrected chi connectivity index (χ2v) is 8.27. The van der Waals surface area contributed by atoms with E-state index in [2.05, 4.69) is 32.4 Å². The highest BCUT2D eigenvalue weighted by Gasteiger charge is 2.21. The minimum Gasteiger partial charge on any atom is -0.459 e. The summed E-state index contributed by atoms with van der Waals surface area (Å²) in [6.45, 7) is 5.58. The van der Waals surface area contributed by atoms with Crippen molar-refractivity contribution in [3.63, 3.8) is 0 Å². The number of aromatic nitrogens is 3. The van der Waals surface area contributed by atoms with Crippen LogP contribution in [0.25, 0.3) is 10.2 Å². The number of hydrogen-bond acceptors (Lipinski definition) is 7. The summed E-state index contributed by atoms with van der Waals surface area (Å²) < 4.78 is 5.37. The first kappa shape index (κ1) is 20.0. The average molecular weight is 419 g/mol. The van der Waals surface area contributed by atoms with Gasteiger partial charge in [-0.05, 0) is 68.1 Å². The van der Waals surface area contributed by atoms with E-state index in [0.717, 1.165) is 27.9 Å². The van der Waals surface area contributed by atoms with E-state index in [-0.39, 0.29) is 12.1 Å². The van der Waals surface area contributed by atoms with E-state index in [1.165, 1.54) is 28.8 Å². The molecule has 4 aromatic rings. The van der Waals surface area contributed by atoms with Crippen LogP contribution in [0.2, 0.25) is 0 Å². The van der Waals surface area contributed by atoms with Gasteiger partial charge in [0.2, 0.25) is 0 Å². The number of esters is 1. The molecule has 4 rings (SSSR count). The number of anilines is 2. The third kappa shape index (κ3) is 4.31. The number of benzene rings is 1. The number of pyridine rings is 1. The van der Waals surface area contributed by atoms with Gasteiger partial charge in [0.1, 0.15) is 21.9 Å². The molecule has 3 aromatic heterocycles. The zero-order valence-corrected chi connectivity index (χ0v) is 17.9. The van der Waals surface area contributed by atoms with Gasteiger partial charge in [0.05, 0.1) is 11.5 Å². The smallest absolute Gasteiger partial charge is 0.348 e. The second kappa shape index (κ2) is 8.59. The fourth-order valence-corrected chi connectivity index (χ4v) is 4.24. The van der Waals surface area contributed by atoms with Gasteiger partial charge in [-0.2, -0.15) is 0 Å². The summed E-state index contributed by atoms with van der Waals surface area (Å²) in [5.74, 6) is 0.358. The Hall–Kier alpha value is -3.32. The molecule has 0 saturated carbocycles. The number of aryl methyl sites for hydroxylation is 1. The van der Waals surface area contributed by atoms with Crippen LogP contribution in [0.4, 0.5) is 11.5 Å². The van der Waals surface area contributed by atoms with Gasteiger partial charge in [0.15, 0.2) is 0 Å². The molecule has 0 bridgehead atoms. The maximum absolute atomic E-state index is 12.4. The average Bonchev–Trinajstić information content (AvgIpc) is 3.07. The number of ether oxygens (including phenoxy) is 1. The monoisotopic (exact) mass is 418 g/mol. The van der Waals surface area contributed by atoms with Crippen molar-refractivity contribution in [2.45, 2.75) is 33.3 Å². The summed E-state index contributed by atoms with van der Waals surface area (Å²) in [7, 11) is 0. The zero-order chi connectivity index (χ0) is 21.1. The lowest BCUT2D eigenvalue weighted by molar-refractivity contribution is 0.0383. The van der Waals surface area contributed by atoms with E-state index < -0.39 is 0 Å². The molecule has 3 heterocycles. The van der Waals surface area contributed by atoms with Gasteiger partial charge in [-0.25, -0.2) is 14.8 Å². The highest BCUT2D eigenvalue weighted by atomic mass is 32.1. The summed E-state index contributed by atoms with van der Waals surface area (Å²) in [6.07, 6.45) is 5.80. The molecular weight excluding hydrogens is 396 g/mol. The van der Waals surface area contributed by atoms with Crippen molar-refractivity contribution in [1.29, 1.82) is 0 Å². The van der Waals surface area contributed by atoms with E-state index in [0.29, 0.717) is 10.7 Å². The molecule has 0 radical (unpaired) electrons. The fourth-order valence-electron chi connectivity index (χ4n) is 3.21. The molecule has 1 N–H and O–H groups in total. The summed E-state index contributed by atoms with van der Waals surface area (Å²) in [6, 6.07) is 12.3. The van der Waals surface area contributed by atoms with Gasteiger partial charge in [-0.3, -0.25) is 4.98 Å². The first-order chi connectivity index (χ1) is 14.5. The zero-order valence-electron chi connectivity index (χ0n) is 17.0. The number of nitrogens with zero attached hydrogens (tertiary/aromatic N) is 3. The van der Waals surface area contributed by atoms with Crippen LogP contribution >= 0.6 is 11.3 Å². The quantitative estimate of drug-likeness (QED) is 0.429. The molecular formula is C23H22N4O2S. The number of hydrogen-bond donors (Lipinski definition) is 1. The van der Waals surface area contributed by atoms with Gasteiger partial charge in [-0.1, -0.05) is 12.1 Å². The van der Waals surface area contributed by atoms with E-state index in [4.69, 9.17) is 4.74 Å². The van der Waals surface area contributed by atoms with Crippen molar-refractivity contribution in [1.82, 2.24) is 15.0 Å². The van der Waals surface area contributed by atoms with Crippen LogP contribution < -0.4 is 5.32 Å².